The van der Waals surface area contributed by atoms with Crippen LogP contribution < -0.4 is 0 Å². The standard InChI is InChI=1S/C9H10O2S/c1-12-8(9(10)11)7-5-3-2-4-6-7/h2-6,10-11H,1H3. The first kappa shape index (κ1) is 9.00. The van der Waals surface area contributed by atoms with Crippen molar-refractivity contribution in [2.45, 2.75) is 0 Å². The van der Waals surface area contributed by atoms with Crippen molar-refractivity contribution in [3.63, 3.8) is 0 Å². The minimum absolute atomic E-state index is 0.496. The lowest BCUT2D eigenvalue weighted by atomic mass is 10.2. The minimum atomic E-state index is -0.617. The van der Waals surface area contributed by atoms with Crippen molar-refractivity contribution < 1.29 is 10.2 Å². The van der Waals surface area contributed by atoms with Gasteiger partial charge in [-0.1, -0.05) is 30.3 Å². The Morgan fingerprint density at radius 2 is 1.75 bits per heavy atom. The molecule has 0 aliphatic carbocycles. The molecule has 2 N–H and O–H groups in total. The second kappa shape index (κ2) is 4.07. The van der Waals surface area contributed by atoms with E-state index in [9.17, 15) is 0 Å². The molecule has 0 bridgehead atoms. The van der Waals surface area contributed by atoms with Gasteiger partial charge in [-0.05, 0) is 11.8 Å². The average Bonchev–Trinajstić information content (AvgIpc) is 2.07. The lowest BCUT2D eigenvalue weighted by Crippen LogP contribution is -1.85. The summed E-state index contributed by atoms with van der Waals surface area (Å²) in [7, 11) is 0. The van der Waals surface area contributed by atoms with Crippen molar-refractivity contribution >= 4 is 16.7 Å². The maximum absolute atomic E-state index is 8.88. The van der Waals surface area contributed by atoms with E-state index >= 15 is 0 Å². The van der Waals surface area contributed by atoms with Crippen molar-refractivity contribution in [2.24, 2.45) is 0 Å². The van der Waals surface area contributed by atoms with Crippen LogP contribution >= 0.6 is 11.8 Å². The Labute approximate surface area is 75.5 Å². The molecule has 0 amide bonds. The van der Waals surface area contributed by atoms with Crippen LogP contribution in [0.2, 0.25) is 0 Å². The topological polar surface area (TPSA) is 40.5 Å². The lowest BCUT2D eigenvalue weighted by Gasteiger charge is -2.02. The van der Waals surface area contributed by atoms with Crippen LogP contribution in [0.4, 0.5) is 0 Å². The third-order valence-electron chi connectivity index (χ3n) is 1.44. The SMILES string of the molecule is CSC(=C(O)O)c1ccccc1. The van der Waals surface area contributed by atoms with Gasteiger partial charge in [-0.15, -0.1) is 11.8 Å². The molecule has 0 atom stereocenters. The summed E-state index contributed by atoms with van der Waals surface area (Å²) in [5, 5.41) is 17.8. The zero-order valence-electron chi connectivity index (χ0n) is 6.69. The molecule has 0 spiro atoms. The fraction of sp³-hybridized carbons (Fsp3) is 0.111. The van der Waals surface area contributed by atoms with Gasteiger partial charge in [-0.2, -0.15) is 0 Å². The summed E-state index contributed by atoms with van der Waals surface area (Å²) in [6, 6.07) is 9.26. The predicted molar refractivity (Wildman–Crippen MR) is 52.1 cm³/mol. The Bertz CT molecular complexity index is 276. The van der Waals surface area contributed by atoms with Crippen LogP contribution in [0.15, 0.2) is 36.3 Å². The van der Waals surface area contributed by atoms with E-state index in [2.05, 4.69) is 0 Å². The Kier molecular flexibility index (Phi) is 3.05. The lowest BCUT2D eigenvalue weighted by molar-refractivity contribution is 0.196. The summed E-state index contributed by atoms with van der Waals surface area (Å²) in [5.74, 6) is -0.617. The van der Waals surface area contributed by atoms with Gasteiger partial charge in [-0.3, -0.25) is 0 Å². The first-order valence-electron chi connectivity index (χ1n) is 3.47. The Hall–Kier alpha value is -1.09. The van der Waals surface area contributed by atoms with Gasteiger partial charge < -0.3 is 10.2 Å². The molecule has 0 aliphatic heterocycles. The van der Waals surface area contributed by atoms with Crippen LogP contribution in [0.25, 0.3) is 4.91 Å². The van der Waals surface area contributed by atoms with Gasteiger partial charge in [-0.25, -0.2) is 0 Å². The van der Waals surface area contributed by atoms with Gasteiger partial charge in [0, 0.05) is 0 Å². The second-order valence-electron chi connectivity index (χ2n) is 2.22. The molecule has 0 heterocycles. The van der Waals surface area contributed by atoms with Crippen LogP contribution in [0.1, 0.15) is 5.56 Å². The minimum Gasteiger partial charge on any atom is -0.480 e. The predicted octanol–water partition coefficient (Wildman–Crippen LogP) is 2.79. The number of rotatable bonds is 2. The normalized spacial score (nSPS) is 9.42. The van der Waals surface area contributed by atoms with E-state index in [4.69, 9.17) is 10.2 Å². The van der Waals surface area contributed by atoms with E-state index in [1.54, 1.807) is 6.26 Å². The number of hydrogen-bond donors (Lipinski definition) is 2. The van der Waals surface area contributed by atoms with Gasteiger partial charge in [0.1, 0.15) is 0 Å². The van der Waals surface area contributed by atoms with Crippen molar-refractivity contribution in [2.75, 3.05) is 6.26 Å². The highest BCUT2D eigenvalue weighted by atomic mass is 32.2. The molecular formula is C9H10O2S. The monoisotopic (exact) mass is 182 g/mol. The van der Waals surface area contributed by atoms with E-state index in [0.717, 1.165) is 5.56 Å². The Morgan fingerprint density at radius 3 is 2.17 bits per heavy atom. The third-order valence-corrected chi connectivity index (χ3v) is 2.27. The fourth-order valence-corrected chi connectivity index (χ4v) is 1.48. The van der Waals surface area contributed by atoms with Crippen LogP contribution in [-0.4, -0.2) is 16.5 Å². The molecule has 3 heteroatoms. The first-order valence-corrected chi connectivity index (χ1v) is 4.70. The van der Waals surface area contributed by atoms with Gasteiger partial charge in [0.2, 0.25) is 0 Å². The molecule has 1 aromatic rings. The highest BCUT2D eigenvalue weighted by Crippen LogP contribution is 2.26. The largest absolute Gasteiger partial charge is 0.480 e. The number of aliphatic hydroxyl groups is 2. The summed E-state index contributed by atoms with van der Waals surface area (Å²) < 4.78 is 0. The Morgan fingerprint density at radius 1 is 1.17 bits per heavy atom. The van der Waals surface area contributed by atoms with Gasteiger partial charge in [0.15, 0.2) is 0 Å². The summed E-state index contributed by atoms with van der Waals surface area (Å²) in [4.78, 5) is 0.496. The van der Waals surface area contributed by atoms with E-state index in [0.29, 0.717) is 4.91 Å². The zero-order chi connectivity index (χ0) is 8.97. The highest BCUT2D eigenvalue weighted by molar-refractivity contribution is 8.07. The van der Waals surface area contributed by atoms with E-state index < -0.39 is 5.95 Å². The third kappa shape index (κ3) is 1.95. The van der Waals surface area contributed by atoms with Crippen LogP contribution in [0, 0.1) is 0 Å². The number of hydrogen-bond acceptors (Lipinski definition) is 3. The van der Waals surface area contributed by atoms with Crippen LogP contribution in [0.3, 0.4) is 0 Å². The molecule has 0 aromatic heterocycles. The molecule has 2 nitrogen and oxygen atoms in total. The quantitative estimate of drug-likeness (QED) is 0.691. The summed E-state index contributed by atoms with van der Waals surface area (Å²) in [6.45, 7) is 0. The smallest absolute Gasteiger partial charge is 0.289 e. The zero-order valence-corrected chi connectivity index (χ0v) is 7.51. The highest BCUT2D eigenvalue weighted by Gasteiger charge is 2.04. The molecule has 0 saturated carbocycles. The molecule has 0 saturated heterocycles. The molecule has 0 fully saturated rings. The van der Waals surface area contributed by atoms with Gasteiger partial charge in [0.25, 0.3) is 5.95 Å². The van der Waals surface area contributed by atoms with Crippen LogP contribution in [-0.2, 0) is 0 Å². The van der Waals surface area contributed by atoms with Crippen molar-refractivity contribution in [1.82, 2.24) is 0 Å². The molecule has 0 unspecified atom stereocenters. The van der Waals surface area contributed by atoms with E-state index in [1.165, 1.54) is 11.8 Å². The number of benzene rings is 1. The van der Waals surface area contributed by atoms with Crippen LogP contribution in [0.5, 0.6) is 0 Å². The van der Waals surface area contributed by atoms with E-state index in [-0.39, 0.29) is 0 Å². The maximum Gasteiger partial charge on any atom is 0.289 e. The molecular weight excluding hydrogens is 172 g/mol. The maximum atomic E-state index is 8.88. The molecule has 12 heavy (non-hydrogen) atoms. The molecule has 1 rings (SSSR count). The second-order valence-corrected chi connectivity index (χ2v) is 3.04. The molecule has 0 radical (unpaired) electrons. The van der Waals surface area contributed by atoms with Gasteiger partial charge >= 0.3 is 0 Å². The van der Waals surface area contributed by atoms with Gasteiger partial charge in [0.05, 0.1) is 4.91 Å². The average molecular weight is 182 g/mol. The summed E-state index contributed by atoms with van der Waals surface area (Å²) in [5.41, 5.74) is 0.824. The molecule has 1 aromatic carbocycles. The number of thioether (sulfide) groups is 1. The Balaban J connectivity index is 3.05. The van der Waals surface area contributed by atoms with Crippen molar-refractivity contribution in [1.29, 1.82) is 0 Å². The number of aliphatic hydroxyl groups excluding tert-OH is 1. The van der Waals surface area contributed by atoms with E-state index in [1.807, 2.05) is 30.3 Å². The van der Waals surface area contributed by atoms with Crippen molar-refractivity contribution in [3.05, 3.63) is 41.8 Å². The summed E-state index contributed by atoms with van der Waals surface area (Å²) in [6.07, 6.45) is 1.80. The fourth-order valence-electron chi connectivity index (χ4n) is 0.928. The summed E-state index contributed by atoms with van der Waals surface area (Å²) >= 11 is 1.31. The molecule has 0 aliphatic rings. The van der Waals surface area contributed by atoms with Crippen molar-refractivity contribution in [3.8, 4) is 0 Å². The molecule has 64 valence electrons. The first-order chi connectivity index (χ1) is 5.75.